The van der Waals surface area contributed by atoms with Crippen molar-refractivity contribution in [2.24, 2.45) is 0 Å². The second-order valence-electron chi connectivity index (χ2n) is 7.74. The van der Waals surface area contributed by atoms with Crippen molar-refractivity contribution >= 4 is 11.7 Å². The minimum Gasteiger partial charge on any atom is -0.394 e. The van der Waals surface area contributed by atoms with E-state index in [4.69, 9.17) is 4.74 Å². The van der Waals surface area contributed by atoms with E-state index < -0.39 is 18.0 Å². The van der Waals surface area contributed by atoms with Crippen LogP contribution in [0.5, 0.6) is 0 Å². The van der Waals surface area contributed by atoms with Crippen LogP contribution in [0.25, 0.3) is 0 Å². The van der Waals surface area contributed by atoms with E-state index in [-0.39, 0.29) is 24.4 Å². The van der Waals surface area contributed by atoms with Gasteiger partial charge in [0, 0.05) is 19.3 Å². The van der Waals surface area contributed by atoms with Crippen LogP contribution in [-0.2, 0) is 17.8 Å². The number of aliphatic hydroxyl groups excluding tert-OH is 1. The molecule has 1 aliphatic rings. The highest BCUT2D eigenvalue weighted by Gasteiger charge is 2.32. The number of urea groups is 1. The van der Waals surface area contributed by atoms with Gasteiger partial charge >= 0.3 is 6.03 Å². The van der Waals surface area contributed by atoms with E-state index in [1.165, 1.54) is 12.1 Å². The van der Waals surface area contributed by atoms with Crippen LogP contribution in [-0.4, -0.2) is 70.0 Å². The van der Waals surface area contributed by atoms with Gasteiger partial charge in [0.1, 0.15) is 11.9 Å². The zero-order valence-electron chi connectivity index (χ0n) is 17.3. The number of halogens is 1. The summed E-state index contributed by atoms with van der Waals surface area (Å²) in [6.07, 6.45) is 3.48. The lowest BCUT2D eigenvalue weighted by atomic mass is 9.97. The van der Waals surface area contributed by atoms with E-state index >= 15 is 0 Å². The number of amides is 2. The van der Waals surface area contributed by atoms with Crippen LogP contribution in [0.4, 0.5) is 14.9 Å². The number of hydrogen-bond donors (Lipinski definition) is 3. The summed E-state index contributed by atoms with van der Waals surface area (Å²) < 4.78 is 21.5. The number of hydrogen-bond acceptors (Lipinski definition) is 6. The molecule has 9 nitrogen and oxygen atoms in total. The first-order valence-electron chi connectivity index (χ1n) is 10.1. The lowest BCUT2D eigenvalue weighted by molar-refractivity contribution is -0.0905. The first-order valence-corrected chi connectivity index (χ1v) is 10.1. The van der Waals surface area contributed by atoms with Crippen LogP contribution in [0.15, 0.2) is 30.5 Å². The van der Waals surface area contributed by atoms with Crippen LogP contribution >= 0.6 is 0 Å². The summed E-state index contributed by atoms with van der Waals surface area (Å²) in [5.41, 5.74) is 1.01. The molecule has 2 aromatic rings. The van der Waals surface area contributed by atoms with Gasteiger partial charge in [-0.25, -0.2) is 9.18 Å². The molecule has 0 spiro atoms. The molecule has 1 aromatic heterocycles. The topological polar surface area (TPSA) is 105 Å². The van der Waals surface area contributed by atoms with Gasteiger partial charge < -0.3 is 25.4 Å². The highest BCUT2D eigenvalue weighted by Crippen LogP contribution is 2.23. The highest BCUT2D eigenvalue weighted by molar-refractivity contribution is 5.89. The molecule has 0 aliphatic carbocycles. The maximum atomic E-state index is 13.7. The number of para-hydroxylation sites is 1. The van der Waals surface area contributed by atoms with Crippen molar-refractivity contribution in [3.05, 3.63) is 42.0 Å². The van der Waals surface area contributed by atoms with Crippen LogP contribution < -0.4 is 10.6 Å². The fraction of sp³-hybridized carbons (Fsp3) is 0.550. The third-order valence-corrected chi connectivity index (χ3v) is 4.98. The Hall–Kier alpha value is -2.56. The normalized spacial score (nSPS) is 21.6. The molecule has 3 N–H and O–H groups in total. The molecule has 1 fully saturated rings. The lowest BCUT2D eigenvalue weighted by Gasteiger charge is -2.36. The smallest absolute Gasteiger partial charge is 0.319 e. The van der Waals surface area contributed by atoms with E-state index in [9.17, 15) is 14.3 Å². The van der Waals surface area contributed by atoms with E-state index in [1.54, 1.807) is 16.8 Å². The molecule has 0 bridgehead atoms. The Bertz CT molecular complexity index is 830. The molecule has 1 aliphatic heterocycles. The van der Waals surface area contributed by atoms with Crippen molar-refractivity contribution in [3.8, 4) is 0 Å². The van der Waals surface area contributed by atoms with E-state index in [0.717, 1.165) is 25.1 Å². The number of aromatic nitrogens is 3. The molecule has 2 heterocycles. The zero-order valence-corrected chi connectivity index (χ0v) is 17.3. The molecular weight excluding hydrogens is 391 g/mol. The highest BCUT2D eigenvalue weighted by atomic mass is 19.1. The number of aliphatic hydroxyl groups is 1. The Morgan fingerprint density at radius 1 is 1.37 bits per heavy atom. The lowest BCUT2D eigenvalue weighted by Crippen LogP contribution is -2.52. The average molecular weight is 420 g/mol. The molecule has 3 atom stereocenters. The fourth-order valence-corrected chi connectivity index (χ4v) is 3.52. The quantitative estimate of drug-likeness (QED) is 0.599. The van der Waals surface area contributed by atoms with Crippen molar-refractivity contribution in [3.63, 3.8) is 0 Å². The molecule has 10 heteroatoms. The summed E-state index contributed by atoms with van der Waals surface area (Å²) >= 11 is 0. The number of rotatable bonds is 8. The number of benzene rings is 1. The third kappa shape index (κ3) is 6.22. The third-order valence-electron chi connectivity index (χ3n) is 4.98. The van der Waals surface area contributed by atoms with Crippen LogP contribution in [0.3, 0.4) is 0 Å². The van der Waals surface area contributed by atoms with Gasteiger partial charge in [0.2, 0.25) is 0 Å². The number of carbonyl (C=O) groups is 1. The van der Waals surface area contributed by atoms with Gasteiger partial charge in [-0.15, -0.1) is 5.10 Å². The molecule has 3 rings (SSSR count). The maximum Gasteiger partial charge on any atom is 0.319 e. The SMILES string of the molecule is CN(C)Cc1cn(CC[C@H]2CC[C@H](NC(=O)Nc3ccccc3F)[C@@H](CO)O2)nn1. The van der Waals surface area contributed by atoms with Gasteiger partial charge in [-0.3, -0.25) is 4.68 Å². The summed E-state index contributed by atoms with van der Waals surface area (Å²) in [6.45, 7) is 1.18. The largest absolute Gasteiger partial charge is 0.394 e. The average Bonchev–Trinajstić information content (AvgIpc) is 3.15. The molecular formula is C20H29FN6O3. The van der Waals surface area contributed by atoms with Gasteiger partial charge in [0.05, 0.1) is 30.1 Å². The van der Waals surface area contributed by atoms with Gasteiger partial charge in [0.15, 0.2) is 0 Å². The number of nitrogens with zero attached hydrogens (tertiary/aromatic N) is 4. The van der Waals surface area contributed by atoms with Gasteiger partial charge in [0.25, 0.3) is 0 Å². The van der Waals surface area contributed by atoms with Crippen LogP contribution in [0, 0.1) is 5.82 Å². The Morgan fingerprint density at radius 3 is 2.90 bits per heavy atom. The number of aryl methyl sites for hydroxylation is 1. The minimum atomic E-state index is -0.526. The van der Waals surface area contributed by atoms with E-state index in [0.29, 0.717) is 13.0 Å². The second-order valence-corrected chi connectivity index (χ2v) is 7.74. The molecule has 0 saturated carbocycles. The van der Waals surface area contributed by atoms with Crippen molar-refractivity contribution in [2.45, 2.75) is 50.6 Å². The van der Waals surface area contributed by atoms with Gasteiger partial charge in [-0.1, -0.05) is 17.3 Å². The number of ether oxygens (including phenoxy) is 1. The number of nitrogens with one attached hydrogen (secondary N) is 2. The first kappa shape index (κ1) is 22.1. The van der Waals surface area contributed by atoms with Gasteiger partial charge in [-0.2, -0.15) is 0 Å². The van der Waals surface area contributed by atoms with E-state index in [2.05, 4.69) is 20.9 Å². The predicted molar refractivity (Wildman–Crippen MR) is 109 cm³/mol. The Kier molecular flexibility index (Phi) is 7.72. The summed E-state index contributed by atoms with van der Waals surface area (Å²) in [4.78, 5) is 14.2. The first-order chi connectivity index (χ1) is 14.4. The molecule has 2 amide bonds. The molecule has 0 unspecified atom stereocenters. The monoisotopic (exact) mass is 420 g/mol. The Morgan fingerprint density at radius 2 is 2.17 bits per heavy atom. The predicted octanol–water partition coefficient (Wildman–Crippen LogP) is 1.60. The van der Waals surface area contributed by atoms with Crippen molar-refractivity contribution < 1.29 is 19.0 Å². The van der Waals surface area contributed by atoms with Gasteiger partial charge in [-0.05, 0) is 45.5 Å². The van der Waals surface area contributed by atoms with Crippen LogP contribution in [0.2, 0.25) is 0 Å². The molecule has 0 radical (unpaired) electrons. The number of carbonyl (C=O) groups excluding carboxylic acids is 1. The summed E-state index contributed by atoms with van der Waals surface area (Å²) in [6, 6.07) is 5.08. The molecule has 164 valence electrons. The maximum absolute atomic E-state index is 13.7. The van der Waals surface area contributed by atoms with E-state index in [1.807, 2.05) is 25.2 Å². The zero-order chi connectivity index (χ0) is 21.5. The molecule has 30 heavy (non-hydrogen) atoms. The standard InChI is InChI=1S/C20H29FN6O3/c1-26(2)11-14-12-27(25-24-14)10-9-15-7-8-18(19(13-28)30-15)23-20(29)22-17-6-4-3-5-16(17)21/h3-6,12,15,18-19,28H,7-11,13H2,1-2H3,(H2,22,23,29)/t15-,18+,19-/m1/s1. The summed E-state index contributed by atoms with van der Waals surface area (Å²) in [5.74, 6) is -0.506. The minimum absolute atomic E-state index is 0.0451. The summed E-state index contributed by atoms with van der Waals surface area (Å²) in [7, 11) is 3.95. The number of anilines is 1. The Balaban J connectivity index is 1.46. The fourth-order valence-electron chi connectivity index (χ4n) is 3.52. The summed E-state index contributed by atoms with van der Waals surface area (Å²) in [5, 5.41) is 23.3. The van der Waals surface area contributed by atoms with Crippen molar-refractivity contribution in [1.82, 2.24) is 25.2 Å². The molecule has 1 aromatic carbocycles. The van der Waals surface area contributed by atoms with Crippen molar-refractivity contribution in [2.75, 3.05) is 26.0 Å². The molecule has 1 saturated heterocycles. The van der Waals surface area contributed by atoms with Crippen LogP contribution in [0.1, 0.15) is 25.0 Å². The Labute approximate surface area is 175 Å². The van der Waals surface area contributed by atoms with Crippen molar-refractivity contribution in [1.29, 1.82) is 0 Å². The second kappa shape index (κ2) is 10.5.